The lowest BCUT2D eigenvalue weighted by Gasteiger charge is -2.49. The maximum absolute atomic E-state index is 12.3. The summed E-state index contributed by atoms with van der Waals surface area (Å²) in [5, 5.41) is 119. The van der Waals surface area contributed by atoms with E-state index in [1.54, 1.807) is 0 Å². The molecule has 20 atom stereocenters. The van der Waals surface area contributed by atoms with Crippen molar-refractivity contribution in [3.63, 3.8) is 0 Å². The molecule has 290 valence electrons. The molecule has 4 saturated heterocycles. The van der Waals surface area contributed by atoms with Gasteiger partial charge in [-0.3, -0.25) is 9.59 Å². The summed E-state index contributed by atoms with van der Waals surface area (Å²) in [5.41, 5.74) is 0. The average molecular weight is 733 g/mol. The number of aliphatic hydroxyl groups excluding tert-OH is 11. The fourth-order valence-corrected chi connectivity index (χ4v) is 6.20. The van der Waals surface area contributed by atoms with Crippen molar-refractivity contribution in [2.75, 3.05) is 19.8 Å². The second-order valence-electron chi connectivity index (χ2n) is 12.6. The van der Waals surface area contributed by atoms with Gasteiger partial charge in [0.15, 0.2) is 25.2 Å². The van der Waals surface area contributed by atoms with Crippen LogP contribution in [0.4, 0.5) is 0 Å². The van der Waals surface area contributed by atoms with E-state index in [1.807, 2.05) is 0 Å². The summed E-state index contributed by atoms with van der Waals surface area (Å²) in [6.45, 7) is 1.27. The van der Waals surface area contributed by atoms with Crippen LogP contribution in [0.25, 0.3) is 0 Å². The van der Waals surface area contributed by atoms with Crippen molar-refractivity contribution in [1.82, 2.24) is 10.6 Å². The molecule has 4 aliphatic heterocycles. The molecule has 0 saturated carbocycles. The van der Waals surface area contributed by atoms with Gasteiger partial charge in [-0.25, -0.2) is 0 Å². The Bertz CT molecular complexity index is 1120. The Balaban J connectivity index is 1.58. The number of hydrogen-bond donors (Lipinski definition) is 13. The van der Waals surface area contributed by atoms with Crippen LogP contribution in [0.3, 0.4) is 0 Å². The molecule has 0 bridgehead atoms. The molecule has 0 aromatic heterocycles. The van der Waals surface area contributed by atoms with Gasteiger partial charge < -0.3 is 100.0 Å². The van der Waals surface area contributed by atoms with Gasteiger partial charge >= 0.3 is 0 Å². The van der Waals surface area contributed by atoms with Gasteiger partial charge in [0.05, 0.1) is 25.9 Å². The maximum atomic E-state index is 12.3. The van der Waals surface area contributed by atoms with Crippen molar-refractivity contribution in [2.24, 2.45) is 0 Å². The molecule has 22 heteroatoms. The summed E-state index contributed by atoms with van der Waals surface area (Å²) in [5.74, 6) is -1.41. The van der Waals surface area contributed by atoms with Gasteiger partial charge in [0.1, 0.15) is 91.4 Å². The largest absolute Gasteiger partial charge is 0.394 e. The fourth-order valence-electron chi connectivity index (χ4n) is 6.20. The molecule has 4 aliphatic rings. The summed E-state index contributed by atoms with van der Waals surface area (Å²) in [6.07, 6.45) is -29.6. The minimum absolute atomic E-state index is 0.630. The lowest BCUT2D eigenvalue weighted by Crippen LogP contribution is -2.70. The van der Waals surface area contributed by atoms with E-state index in [4.69, 9.17) is 33.2 Å². The first-order valence-electron chi connectivity index (χ1n) is 15.9. The quantitative estimate of drug-likeness (QED) is 0.0938. The maximum Gasteiger partial charge on any atom is 0.217 e. The van der Waals surface area contributed by atoms with Crippen LogP contribution in [0.5, 0.6) is 0 Å². The molecule has 0 aliphatic carbocycles. The van der Waals surface area contributed by atoms with Crippen LogP contribution in [0.2, 0.25) is 0 Å². The highest BCUT2D eigenvalue weighted by Gasteiger charge is 2.54. The summed E-state index contributed by atoms with van der Waals surface area (Å²) in [4.78, 5) is 24.1. The second kappa shape index (κ2) is 17.4. The summed E-state index contributed by atoms with van der Waals surface area (Å²) in [6, 6.07) is -3.09. The first-order valence-corrected chi connectivity index (χ1v) is 15.9. The van der Waals surface area contributed by atoms with Crippen molar-refractivity contribution in [3.05, 3.63) is 0 Å². The molecule has 0 spiro atoms. The highest BCUT2D eigenvalue weighted by molar-refractivity contribution is 5.73. The number of ether oxygens (including phenoxy) is 7. The number of aliphatic hydroxyl groups is 11. The van der Waals surface area contributed by atoms with E-state index in [9.17, 15) is 65.8 Å². The van der Waals surface area contributed by atoms with Crippen LogP contribution in [0.15, 0.2) is 0 Å². The van der Waals surface area contributed by atoms with Gasteiger partial charge in [0.2, 0.25) is 11.8 Å². The van der Waals surface area contributed by atoms with Gasteiger partial charge in [-0.2, -0.15) is 0 Å². The van der Waals surface area contributed by atoms with Gasteiger partial charge in [-0.1, -0.05) is 0 Å². The minimum Gasteiger partial charge on any atom is -0.394 e. The van der Waals surface area contributed by atoms with Crippen LogP contribution < -0.4 is 10.6 Å². The van der Waals surface area contributed by atoms with Crippen molar-refractivity contribution >= 4 is 11.8 Å². The first kappa shape index (κ1) is 41.0. The lowest BCUT2D eigenvalue weighted by molar-refractivity contribution is -0.363. The monoisotopic (exact) mass is 732 g/mol. The first-order chi connectivity index (χ1) is 23.5. The zero-order chi connectivity index (χ0) is 37.2. The van der Waals surface area contributed by atoms with Gasteiger partial charge in [0, 0.05) is 13.8 Å². The average Bonchev–Trinajstić information content (AvgIpc) is 3.06. The van der Waals surface area contributed by atoms with Crippen LogP contribution in [0, 0.1) is 0 Å². The number of carbonyl (C=O) groups is 2. The van der Waals surface area contributed by atoms with Gasteiger partial charge in [-0.05, 0) is 6.92 Å². The smallest absolute Gasteiger partial charge is 0.217 e. The third kappa shape index (κ3) is 8.87. The molecule has 50 heavy (non-hydrogen) atoms. The van der Waals surface area contributed by atoms with Crippen molar-refractivity contribution in [3.8, 4) is 0 Å². The number of hydrogen-bond acceptors (Lipinski definition) is 20. The highest BCUT2D eigenvalue weighted by Crippen LogP contribution is 2.33. The Hall–Kier alpha value is -1.78. The van der Waals surface area contributed by atoms with Crippen LogP contribution in [0.1, 0.15) is 20.8 Å². The summed E-state index contributed by atoms with van der Waals surface area (Å²) in [7, 11) is 0. The third-order valence-corrected chi connectivity index (χ3v) is 8.95. The topological polar surface area (TPSA) is 345 Å². The Labute approximate surface area is 285 Å². The highest BCUT2D eigenvalue weighted by atomic mass is 16.8. The molecule has 4 rings (SSSR count). The van der Waals surface area contributed by atoms with E-state index in [2.05, 4.69) is 10.6 Å². The van der Waals surface area contributed by atoms with E-state index in [0.717, 1.165) is 13.8 Å². The predicted molar refractivity (Wildman–Crippen MR) is 156 cm³/mol. The molecule has 0 aromatic rings. The number of nitrogens with one attached hydrogen (secondary N) is 2. The molecule has 0 radical (unpaired) electrons. The van der Waals surface area contributed by atoms with E-state index in [1.165, 1.54) is 6.92 Å². The van der Waals surface area contributed by atoms with Crippen LogP contribution in [-0.2, 0) is 42.7 Å². The van der Waals surface area contributed by atoms with Crippen molar-refractivity contribution < 1.29 is 98.9 Å². The van der Waals surface area contributed by atoms with Crippen LogP contribution in [-0.4, -0.2) is 211 Å². The minimum atomic E-state index is -1.90. The zero-order valence-corrected chi connectivity index (χ0v) is 27.3. The molecule has 13 N–H and O–H groups in total. The Kier molecular flexibility index (Phi) is 14.2. The second-order valence-corrected chi connectivity index (χ2v) is 12.6. The number of carbonyl (C=O) groups excluding carboxylic acids is 2. The van der Waals surface area contributed by atoms with Gasteiger partial charge in [0.25, 0.3) is 0 Å². The van der Waals surface area contributed by atoms with Crippen molar-refractivity contribution in [1.29, 1.82) is 0 Å². The number of amides is 2. The Morgan fingerprint density at radius 3 is 1.66 bits per heavy atom. The molecule has 0 aromatic carbocycles. The van der Waals surface area contributed by atoms with Crippen LogP contribution >= 0.6 is 0 Å². The van der Waals surface area contributed by atoms with E-state index < -0.39 is 154 Å². The molecule has 0 unspecified atom stereocenters. The van der Waals surface area contributed by atoms with E-state index in [0.29, 0.717) is 0 Å². The lowest BCUT2D eigenvalue weighted by atomic mass is 9.94. The SMILES string of the molecule is CC(=O)N[C@@H]1[C@@H](O)[C@H](O[C@@H]2O[C@H](CO)[C@@H](O[C@@H]3O[C@H](CO)[C@@H](O)[C@H](O)[C@@H]3O)[C@H](O)[C@H]2NC(C)=O)[C@@H](CO[C@H]2O[C@@H](C)[C@@H](O)[C@@H](O)[C@@H]2O)O[C@H]1O. The molecular formula is C28H48N2O20. The summed E-state index contributed by atoms with van der Waals surface area (Å²) < 4.78 is 39.5. The zero-order valence-electron chi connectivity index (χ0n) is 27.3. The van der Waals surface area contributed by atoms with Crippen molar-refractivity contribution in [2.45, 2.75) is 143 Å². The predicted octanol–water partition coefficient (Wildman–Crippen LogP) is -8.43. The number of rotatable bonds is 11. The standard InChI is InChI=1S/C28H48N2O20/c1-7-15(35)19(39)21(41)27(45-7)44-6-12-24(17(37)13(25(43)46-12)29-8(2)33)49-26-14(30-9(3)34)18(38)23(11(5-32)48-26)50-28-22(42)20(40)16(36)10(4-31)47-28/h7,10-28,31-32,35-43H,4-6H2,1-3H3,(H,29,33)(H,30,34)/t7-,10+,11+,12+,13+,14+,15+,16+,17+,18+,19+,20-,21-,22-,23+,24+,25+,26-,27-,28-/m0/s1. The normalized spacial score (nSPS) is 48.5. The molecule has 22 nitrogen and oxygen atoms in total. The molecular weight excluding hydrogens is 684 g/mol. The van der Waals surface area contributed by atoms with Gasteiger partial charge in [-0.15, -0.1) is 0 Å². The van der Waals surface area contributed by atoms with E-state index in [-0.39, 0.29) is 0 Å². The molecule has 2 amide bonds. The fraction of sp³-hybridized carbons (Fsp3) is 0.929. The summed E-state index contributed by atoms with van der Waals surface area (Å²) >= 11 is 0. The molecule has 4 heterocycles. The van der Waals surface area contributed by atoms with E-state index >= 15 is 0 Å². The Morgan fingerprint density at radius 1 is 0.560 bits per heavy atom. The molecule has 4 fully saturated rings. The third-order valence-electron chi connectivity index (χ3n) is 8.95. The Morgan fingerprint density at radius 2 is 1.06 bits per heavy atom.